The molecule has 0 saturated heterocycles. The minimum absolute atomic E-state index is 0. The molecule has 0 atom stereocenters. The van der Waals surface area contributed by atoms with Gasteiger partial charge in [0.2, 0.25) is 0 Å². The molecule has 0 aromatic heterocycles. The molecule has 8 heavy (non-hydrogen) atoms. The summed E-state index contributed by atoms with van der Waals surface area (Å²) in [4.78, 5) is 8.36. The van der Waals surface area contributed by atoms with Gasteiger partial charge in [0.1, 0.15) is 0 Å². The van der Waals surface area contributed by atoms with E-state index in [0.717, 1.165) is 0 Å². The van der Waals surface area contributed by atoms with E-state index in [1.54, 1.807) is 0 Å². The zero-order valence-corrected chi connectivity index (χ0v) is 15.1. The zero-order chi connectivity index (χ0) is 3.58. The van der Waals surface area contributed by atoms with Crippen molar-refractivity contribution in [3.63, 3.8) is 0 Å². The topological polar surface area (TPSA) is 63.4 Å². The Morgan fingerprint density at radius 2 is 1.12 bits per heavy atom. The van der Waals surface area contributed by atoms with Gasteiger partial charge in [-0.1, -0.05) is 0 Å². The number of hydrogen-bond acceptors (Lipinski definition) is 2. The molecule has 0 aromatic rings. The maximum Gasteiger partial charge on any atom is 0.291 e. The normalized spacial score (nSPS) is 3.00. The van der Waals surface area contributed by atoms with Crippen LogP contribution in [0.15, 0.2) is 0 Å². The van der Waals surface area contributed by atoms with Crippen LogP contribution < -0.4 is 0 Å². The van der Waals surface area contributed by atoms with Crippen LogP contribution in [0.5, 0.6) is 0 Å². The van der Waals surface area contributed by atoms with Crippen molar-refractivity contribution in [2.45, 2.75) is 0 Å². The van der Waals surface area contributed by atoms with Crippen molar-refractivity contribution in [3.05, 3.63) is 10.1 Å². The molecule has 0 unspecified atom stereocenters. The maximum atomic E-state index is 8.36. The predicted molar refractivity (Wildman–Crippen MR) is 31.8 cm³/mol. The second-order valence-electron chi connectivity index (χ2n) is 0.238. The Morgan fingerprint density at radius 3 is 1.12 bits per heavy atom. The molecule has 0 heterocycles. The van der Waals surface area contributed by atoms with Crippen molar-refractivity contribution in [1.29, 1.82) is 0 Å². The van der Waals surface area contributed by atoms with Crippen LogP contribution >= 0.6 is 0 Å². The third-order valence-corrected chi connectivity index (χ3v) is 0. The maximum absolute atomic E-state index is 8.36. The van der Waals surface area contributed by atoms with Gasteiger partial charge in [0.15, 0.2) is 0 Å². The summed E-state index contributed by atoms with van der Waals surface area (Å²) >= 11 is 0. The fraction of sp³-hybridized carbons (Fsp3) is 0. The number of nitrogens with zero attached hydrogens (tertiary/aromatic N) is 1. The molecule has 4 nitrogen and oxygen atoms in total. The van der Waals surface area contributed by atoms with E-state index in [1.807, 2.05) is 0 Å². The Kier molecular flexibility index (Phi) is 89.6. The van der Waals surface area contributed by atoms with Crippen LogP contribution in [0, 0.1) is 10.1 Å². The summed E-state index contributed by atoms with van der Waals surface area (Å²) < 4.78 is 0. The summed E-state index contributed by atoms with van der Waals surface area (Å²) in [6, 6.07) is 0. The standard InChI is InChI=1S/HNO3.4Sn/c2-1(3)4;;;;/h(H,2,3,4);;;;. The average molecular weight is 538 g/mol. The fourth-order valence-electron chi connectivity index (χ4n) is 0. The van der Waals surface area contributed by atoms with Crippen molar-refractivity contribution in [2.24, 2.45) is 0 Å². The van der Waals surface area contributed by atoms with Gasteiger partial charge in [-0.15, -0.1) is 10.1 Å². The summed E-state index contributed by atoms with van der Waals surface area (Å²) in [5.74, 6) is 0. The quantitative estimate of drug-likeness (QED) is 0.224. The van der Waals surface area contributed by atoms with E-state index < -0.39 is 5.09 Å². The van der Waals surface area contributed by atoms with E-state index in [2.05, 4.69) is 0 Å². The van der Waals surface area contributed by atoms with E-state index in [1.165, 1.54) is 0 Å². The van der Waals surface area contributed by atoms with Crippen LogP contribution in [0.3, 0.4) is 0 Å². The van der Waals surface area contributed by atoms with Gasteiger partial charge in [-0.3, -0.25) is 0 Å². The molecule has 0 spiro atoms. The molecular formula is HNO3Sn4. The van der Waals surface area contributed by atoms with Crippen molar-refractivity contribution in [1.82, 2.24) is 0 Å². The number of rotatable bonds is 0. The summed E-state index contributed by atoms with van der Waals surface area (Å²) in [5.41, 5.74) is 0. The first-order valence-corrected chi connectivity index (χ1v) is 0.565. The first-order valence-electron chi connectivity index (χ1n) is 0.565. The van der Waals surface area contributed by atoms with Crippen LogP contribution in [-0.2, 0) is 0 Å². The van der Waals surface area contributed by atoms with Crippen molar-refractivity contribution >= 4 is 95.6 Å². The second-order valence-corrected chi connectivity index (χ2v) is 0.238. The van der Waals surface area contributed by atoms with Gasteiger partial charge in [-0.05, 0) is 0 Å². The van der Waals surface area contributed by atoms with E-state index >= 15 is 0 Å². The molecular weight excluding hydrogens is 537 g/mol. The second kappa shape index (κ2) is 22.7. The van der Waals surface area contributed by atoms with E-state index in [4.69, 9.17) is 15.3 Å². The van der Waals surface area contributed by atoms with Gasteiger partial charge in [-0.2, -0.15) is 0 Å². The number of hydrogen-bond donors (Lipinski definition) is 1. The van der Waals surface area contributed by atoms with E-state index in [-0.39, 0.29) is 95.6 Å². The van der Waals surface area contributed by atoms with E-state index in [0.29, 0.717) is 0 Å². The molecule has 0 saturated carbocycles. The van der Waals surface area contributed by atoms with Gasteiger partial charge < -0.3 is 5.21 Å². The summed E-state index contributed by atoms with van der Waals surface area (Å²) in [6.45, 7) is 0. The molecule has 40 valence electrons. The van der Waals surface area contributed by atoms with Crippen molar-refractivity contribution < 1.29 is 10.3 Å². The van der Waals surface area contributed by atoms with Crippen molar-refractivity contribution in [2.75, 3.05) is 0 Å². The summed E-state index contributed by atoms with van der Waals surface area (Å²) in [6.07, 6.45) is 0. The SMILES string of the molecule is O=[N+]([O-])O.[Sn].[Sn].[Sn].[Sn]. The molecule has 0 aliphatic carbocycles. The fourth-order valence-corrected chi connectivity index (χ4v) is 0. The van der Waals surface area contributed by atoms with Crippen LogP contribution in [0.2, 0.25) is 0 Å². The Hall–Kier alpha value is 2.39. The molecule has 0 bridgehead atoms. The summed E-state index contributed by atoms with van der Waals surface area (Å²) in [5, 5.41) is 13.6. The smallest absolute Gasteiger partial charge is 0.291 e. The van der Waals surface area contributed by atoms with Gasteiger partial charge in [0.25, 0.3) is 5.09 Å². The molecule has 8 heteroatoms. The largest absolute Gasteiger partial charge is 0.328 e. The Morgan fingerprint density at radius 1 is 1.12 bits per heavy atom. The molecule has 0 aromatic carbocycles. The van der Waals surface area contributed by atoms with Gasteiger partial charge in [0, 0.05) is 95.6 Å². The minimum atomic E-state index is -1.50. The Labute approximate surface area is 114 Å². The van der Waals surface area contributed by atoms with Crippen LogP contribution in [0.4, 0.5) is 0 Å². The molecule has 16 radical (unpaired) electrons. The first kappa shape index (κ1) is 31.5. The molecule has 0 amide bonds. The predicted octanol–water partition coefficient (Wildman–Crippen LogP) is -1.87. The Bertz CT molecular complexity index is 34.3. The van der Waals surface area contributed by atoms with Crippen molar-refractivity contribution in [3.8, 4) is 0 Å². The molecule has 0 aliphatic rings. The first-order chi connectivity index (χ1) is 1.73. The molecule has 1 N–H and O–H groups in total. The van der Waals surface area contributed by atoms with Gasteiger partial charge >= 0.3 is 0 Å². The molecule has 0 rings (SSSR count). The average Bonchev–Trinajstić information content (AvgIpc) is 0.811. The third kappa shape index (κ3) is 80.0. The minimum Gasteiger partial charge on any atom is -0.328 e. The van der Waals surface area contributed by atoms with Gasteiger partial charge in [0.05, 0.1) is 0 Å². The van der Waals surface area contributed by atoms with E-state index in [9.17, 15) is 0 Å². The monoisotopic (exact) mass is 543 g/mol. The Balaban J connectivity index is -0.00000000750. The zero-order valence-electron chi connectivity index (χ0n) is 3.71. The van der Waals surface area contributed by atoms with Gasteiger partial charge in [-0.25, -0.2) is 0 Å². The molecule has 0 aliphatic heterocycles. The van der Waals surface area contributed by atoms with Crippen LogP contribution in [0.25, 0.3) is 0 Å². The molecule has 0 fully saturated rings. The van der Waals surface area contributed by atoms with Crippen LogP contribution in [-0.4, -0.2) is 106 Å². The third-order valence-electron chi connectivity index (χ3n) is 0. The summed E-state index contributed by atoms with van der Waals surface area (Å²) in [7, 11) is 0. The van der Waals surface area contributed by atoms with Crippen LogP contribution in [0.1, 0.15) is 0 Å².